The predicted octanol–water partition coefficient (Wildman–Crippen LogP) is 1.43. The molecule has 104 valence electrons. The number of carboxylic acids is 1. The molecule has 0 amide bonds. The number of hydrogen-bond donors (Lipinski definition) is 2. The van der Waals surface area contributed by atoms with Crippen molar-refractivity contribution in [2.75, 3.05) is 13.9 Å². The third kappa shape index (κ3) is 2.97. The van der Waals surface area contributed by atoms with Gasteiger partial charge in [0.05, 0.1) is 6.61 Å². The predicted molar refractivity (Wildman–Crippen MR) is 67.1 cm³/mol. The number of nitrogens with two attached hydrogens (primary N) is 1. The Morgan fingerprint density at radius 1 is 1.53 bits per heavy atom. The average molecular weight is 267 g/mol. The van der Waals surface area contributed by atoms with Gasteiger partial charge in [-0.2, -0.15) is 0 Å². The van der Waals surface area contributed by atoms with Gasteiger partial charge in [-0.1, -0.05) is 6.07 Å². The molecule has 0 bridgehead atoms. The molecular weight excluding hydrogens is 250 g/mol. The van der Waals surface area contributed by atoms with Crippen molar-refractivity contribution in [1.82, 2.24) is 0 Å². The van der Waals surface area contributed by atoms with E-state index in [0.29, 0.717) is 24.5 Å². The van der Waals surface area contributed by atoms with Gasteiger partial charge in [0.1, 0.15) is 0 Å². The molecule has 6 nitrogen and oxygen atoms in total. The van der Waals surface area contributed by atoms with Gasteiger partial charge in [-0.3, -0.25) is 4.79 Å². The van der Waals surface area contributed by atoms with Crippen molar-refractivity contribution in [3.8, 4) is 11.5 Å². The summed E-state index contributed by atoms with van der Waals surface area (Å²) in [5, 5.41) is 8.71. The van der Waals surface area contributed by atoms with Crippen LogP contribution in [0.4, 0.5) is 0 Å². The molecule has 1 atom stereocenters. The first-order valence-corrected chi connectivity index (χ1v) is 6.01. The van der Waals surface area contributed by atoms with Crippen molar-refractivity contribution in [2.45, 2.75) is 25.5 Å². The van der Waals surface area contributed by atoms with Crippen LogP contribution in [0.1, 0.15) is 30.0 Å². The van der Waals surface area contributed by atoms with Crippen LogP contribution >= 0.6 is 0 Å². The summed E-state index contributed by atoms with van der Waals surface area (Å²) in [7, 11) is 1.59. The maximum Gasteiger partial charge on any atom is 0.303 e. The van der Waals surface area contributed by atoms with E-state index in [1.165, 1.54) is 0 Å². The van der Waals surface area contributed by atoms with Gasteiger partial charge in [0.2, 0.25) is 6.79 Å². The molecule has 0 saturated heterocycles. The highest BCUT2D eigenvalue weighted by atomic mass is 16.7. The molecule has 1 aliphatic heterocycles. The molecule has 1 aromatic carbocycles. The topological polar surface area (TPSA) is 91.0 Å². The zero-order chi connectivity index (χ0) is 13.8. The van der Waals surface area contributed by atoms with Crippen molar-refractivity contribution in [2.24, 2.45) is 5.73 Å². The molecule has 1 aliphatic rings. The first-order valence-electron chi connectivity index (χ1n) is 6.01. The lowest BCUT2D eigenvalue weighted by atomic mass is 9.96. The van der Waals surface area contributed by atoms with Crippen LogP contribution in [-0.4, -0.2) is 25.0 Å². The highest BCUT2D eigenvalue weighted by Gasteiger charge is 2.23. The van der Waals surface area contributed by atoms with Gasteiger partial charge in [-0.15, -0.1) is 0 Å². The summed E-state index contributed by atoms with van der Waals surface area (Å²) in [6.07, 6.45) is 0.397. The molecule has 0 fully saturated rings. The molecule has 0 aromatic heterocycles. The molecule has 19 heavy (non-hydrogen) atoms. The Hall–Kier alpha value is -1.79. The lowest BCUT2D eigenvalue weighted by Gasteiger charge is -2.17. The minimum atomic E-state index is -0.857. The number of benzene rings is 1. The summed E-state index contributed by atoms with van der Waals surface area (Å²) in [4.78, 5) is 10.6. The van der Waals surface area contributed by atoms with E-state index in [4.69, 9.17) is 25.1 Å². The van der Waals surface area contributed by atoms with E-state index >= 15 is 0 Å². The standard InChI is InChI=1S/C13H17NO5/c1-17-6-9-8(10(14)3-5-12(15)16)2-4-11-13(9)19-7-18-11/h2,4,10H,3,5-7,14H2,1H3,(H,15,16). The Balaban J connectivity index is 2.26. The summed E-state index contributed by atoms with van der Waals surface area (Å²) in [6.45, 7) is 0.530. The number of fused-ring (bicyclic) bond motifs is 1. The zero-order valence-corrected chi connectivity index (χ0v) is 10.7. The SMILES string of the molecule is COCc1c(C(N)CCC(=O)O)ccc2c1OCO2. The highest BCUT2D eigenvalue weighted by Crippen LogP contribution is 2.40. The van der Waals surface area contributed by atoms with Crippen molar-refractivity contribution in [3.05, 3.63) is 23.3 Å². The first-order chi connectivity index (χ1) is 9.13. The number of carbonyl (C=O) groups is 1. The van der Waals surface area contributed by atoms with Crippen LogP contribution in [0.5, 0.6) is 11.5 Å². The number of aliphatic carboxylic acids is 1. The summed E-state index contributed by atoms with van der Waals surface area (Å²) >= 11 is 0. The van der Waals surface area contributed by atoms with E-state index in [1.54, 1.807) is 13.2 Å². The van der Waals surface area contributed by atoms with Gasteiger partial charge in [-0.25, -0.2) is 0 Å². The molecule has 0 spiro atoms. The van der Waals surface area contributed by atoms with E-state index in [-0.39, 0.29) is 19.3 Å². The van der Waals surface area contributed by atoms with E-state index < -0.39 is 5.97 Å². The molecule has 1 unspecified atom stereocenters. The molecule has 0 saturated carbocycles. The summed E-state index contributed by atoms with van der Waals surface area (Å²) < 4.78 is 15.9. The summed E-state index contributed by atoms with van der Waals surface area (Å²) in [6, 6.07) is 3.27. The molecule has 2 rings (SSSR count). The van der Waals surface area contributed by atoms with Crippen LogP contribution in [0.15, 0.2) is 12.1 Å². The van der Waals surface area contributed by atoms with E-state index in [1.807, 2.05) is 6.07 Å². The van der Waals surface area contributed by atoms with Gasteiger partial charge in [0.25, 0.3) is 0 Å². The Labute approximate surface area is 111 Å². The second-order valence-electron chi connectivity index (χ2n) is 4.34. The van der Waals surface area contributed by atoms with Crippen molar-refractivity contribution >= 4 is 5.97 Å². The fraction of sp³-hybridized carbons (Fsp3) is 0.462. The molecular formula is C13H17NO5. The van der Waals surface area contributed by atoms with Crippen molar-refractivity contribution in [3.63, 3.8) is 0 Å². The maximum absolute atomic E-state index is 10.6. The highest BCUT2D eigenvalue weighted by molar-refractivity contribution is 5.66. The van der Waals surface area contributed by atoms with Gasteiger partial charge in [0, 0.05) is 25.1 Å². The molecule has 6 heteroatoms. The normalized spacial score (nSPS) is 14.4. The number of carboxylic acid groups (broad SMARTS) is 1. The van der Waals surface area contributed by atoms with Crippen LogP contribution in [0, 0.1) is 0 Å². The zero-order valence-electron chi connectivity index (χ0n) is 10.7. The van der Waals surface area contributed by atoms with Gasteiger partial charge < -0.3 is 25.1 Å². The first kappa shape index (κ1) is 13.6. The summed E-state index contributed by atoms with van der Waals surface area (Å²) in [5.41, 5.74) is 7.72. The minimum Gasteiger partial charge on any atom is -0.481 e. The van der Waals surface area contributed by atoms with Crippen LogP contribution < -0.4 is 15.2 Å². The Morgan fingerprint density at radius 3 is 3.00 bits per heavy atom. The third-order valence-electron chi connectivity index (χ3n) is 3.04. The average Bonchev–Trinajstić information content (AvgIpc) is 2.85. The number of rotatable bonds is 6. The second kappa shape index (κ2) is 5.90. The van der Waals surface area contributed by atoms with E-state index in [0.717, 1.165) is 11.1 Å². The Kier molecular flexibility index (Phi) is 4.24. The van der Waals surface area contributed by atoms with Crippen LogP contribution in [0.2, 0.25) is 0 Å². The van der Waals surface area contributed by atoms with Crippen molar-refractivity contribution in [1.29, 1.82) is 0 Å². The fourth-order valence-corrected chi connectivity index (χ4v) is 2.12. The Bertz CT molecular complexity index is 474. The lowest BCUT2D eigenvalue weighted by Crippen LogP contribution is -2.15. The van der Waals surface area contributed by atoms with Crippen LogP contribution in [0.25, 0.3) is 0 Å². The minimum absolute atomic E-state index is 0.0298. The lowest BCUT2D eigenvalue weighted by molar-refractivity contribution is -0.137. The quantitative estimate of drug-likeness (QED) is 0.810. The number of ether oxygens (including phenoxy) is 3. The van der Waals surface area contributed by atoms with Crippen LogP contribution in [0.3, 0.4) is 0 Å². The third-order valence-corrected chi connectivity index (χ3v) is 3.04. The Morgan fingerprint density at radius 2 is 2.32 bits per heavy atom. The molecule has 1 heterocycles. The monoisotopic (exact) mass is 267 g/mol. The van der Waals surface area contributed by atoms with Gasteiger partial charge in [0.15, 0.2) is 11.5 Å². The number of hydrogen-bond acceptors (Lipinski definition) is 5. The maximum atomic E-state index is 10.6. The molecule has 1 aromatic rings. The number of methoxy groups -OCH3 is 1. The molecule has 3 N–H and O–H groups in total. The van der Waals surface area contributed by atoms with E-state index in [9.17, 15) is 4.79 Å². The fourth-order valence-electron chi connectivity index (χ4n) is 2.12. The molecule has 0 radical (unpaired) electrons. The van der Waals surface area contributed by atoms with E-state index in [2.05, 4.69) is 0 Å². The summed E-state index contributed by atoms with van der Waals surface area (Å²) in [5.74, 6) is 0.454. The smallest absolute Gasteiger partial charge is 0.303 e. The molecule has 0 aliphatic carbocycles. The van der Waals surface area contributed by atoms with Crippen LogP contribution in [-0.2, 0) is 16.1 Å². The largest absolute Gasteiger partial charge is 0.481 e. The van der Waals surface area contributed by atoms with Gasteiger partial charge >= 0.3 is 5.97 Å². The second-order valence-corrected chi connectivity index (χ2v) is 4.34. The van der Waals surface area contributed by atoms with Crippen molar-refractivity contribution < 1.29 is 24.1 Å². The van der Waals surface area contributed by atoms with Gasteiger partial charge in [-0.05, 0) is 18.1 Å².